The lowest BCUT2D eigenvalue weighted by molar-refractivity contribution is -0.110. The quantitative estimate of drug-likeness (QED) is 0.395. The molecule has 158 valence electrons. The van der Waals surface area contributed by atoms with E-state index in [1.165, 1.54) is 10.4 Å². The molecule has 0 bridgehead atoms. The lowest BCUT2D eigenvalue weighted by atomic mass is 10.1. The van der Waals surface area contributed by atoms with Crippen molar-refractivity contribution in [2.45, 2.75) is 70.6 Å². The summed E-state index contributed by atoms with van der Waals surface area (Å²) in [5.41, 5.74) is 0. The standard InChI is InChI=1S/C25H36O3Si/c1-6-13-22(20-21(27-5)18-19-26)28-29(25(2,3)4,23-14-9-7-10-15-23)24-16-11-8-12-17-24/h7-12,14-17,19,21-22H,6,13,18,20H2,1-5H3/t21-,22-/m0/s1. The van der Waals surface area contributed by atoms with Gasteiger partial charge in [-0.2, -0.15) is 0 Å². The summed E-state index contributed by atoms with van der Waals surface area (Å²) in [5.74, 6) is 0. The van der Waals surface area contributed by atoms with Gasteiger partial charge in [0, 0.05) is 19.6 Å². The summed E-state index contributed by atoms with van der Waals surface area (Å²) in [7, 11) is -0.915. The first-order valence-electron chi connectivity index (χ1n) is 10.6. The number of hydrogen-bond acceptors (Lipinski definition) is 3. The van der Waals surface area contributed by atoms with E-state index in [1.54, 1.807) is 7.11 Å². The molecule has 0 aliphatic rings. The van der Waals surface area contributed by atoms with Crippen LogP contribution in [0.4, 0.5) is 0 Å². The summed E-state index contributed by atoms with van der Waals surface area (Å²) in [4.78, 5) is 11.1. The SMILES string of the molecule is CCC[C@@H](C[C@H](CC=O)OC)O[Si](c1ccccc1)(c1ccccc1)C(C)(C)C. The first kappa shape index (κ1) is 23.5. The van der Waals surface area contributed by atoms with Crippen LogP contribution in [0.2, 0.25) is 5.04 Å². The molecule has 2 atom stereocenters. The molecule has 0 aromatic heterocycles. The van der Waals surface area contributed by atoms with Crippen molar-refractivity contribution in [2.24, 2.45) is 0 Å². The topological polar surface area (TPSA) is 35.5 Å². The third kappa shape index (κ3) is 5.65. The average molecular weight is 413 g/mol. The predicted octanol–water partition coefficient (Wildman–Crippen LogP) is 4.73. The molecule has 4 heteroatoms. The van der Waals surface area contributed by atoms with Gasteiger partial charge in [-0.1, -0.05) is 94.8 Å². The van der Waals surface area contributed by atoms with E-state index >= 15 is 0 Å². The molecule has 0 fully saturated rings. The molecule has 2 rings (SSSR count). The fourth-order valence-corrected chi connectivity index (χ4v) is 8.91. The second kappa shape index (κ2) is 10.9. The van der Waals surface area contributed by atoms with Crippen LogP contribution in [0.15, 0.2) is 60.7 Å². The maximum absolute atomic E-state index is 11.1. The van der Waals surface area contributed by atoms with Crippen LogP contribution in [0.3, 0.4) is 0 Å². The Balaban J connectivity index is 2.57. The van der Waals surface area contributed by atoms with Gasteiger partial charge in [-0.25, -0.2) is 0 Å². The van der Waals surface area contributed by atoms with Crippen LogP contribution in [-0.4, -0.2) is 33.9 Å². The number of ether oxygens (including phenoxy) is 1. The Labute approximate surface area is 177 Å². The molecule has 2 aromatic rings. The number of rotatable bonds is 11. The molecule has 0 saturated carbocycles. The number of hydrogen-bond donors (Lipinski definition) is 0. The zero-order chi connectivity index (χ0) is 21.3. The average Bonchev–Trinajstić information content (AvgIpc) is 2.72. The summed E-state index contributed by atoms with van der Waals surface area (Å²) in [5, 5.41) is 2.50. The molecule has 0 unspecified atom stereocenters. The number of carbonyl (C=O) groups excluding carboxylic acids is 1. The Hall–Kier alpha value is -1.75. The van der Waals surface area contributed by atoms with Gasteiger partial charge in [-0.15, -0.1) is 0 Å². The summed E-state index contributed by atoms with van der Waals surface area (Å²) >= 11 is 0. The first-order chi connectivity index (χ1) is 13.9. The monoisotopic (exact) mass is 412 g/mol. The normalized spacial score (nSPS) is 14.4. The lowest BCUT2D eigenvalue weighted by Crippen LogP contribution is -2.67. The summed E-state index contributed by atoms with van der Waals surface area (Å²) in [6.07, 6.45) is 3.98. The van der Waals surface area contributed by atoms with E-state index in [0.717, 1.165) is 25.5 Å². The zero-order valence-corrected chi connectivity index (χ0v) is 19.6. The number of methoxy groups -OCH3 is 1. The fourth-order valence-electron chi connectivity index (χ4n) is 4.18. The third-order valence-electron chi connectivity index (χ3n) is 5.59. The molecule has 29 heavy (non-hydrogen) atoms. The van der Waals surface area contributed by atoms with Crippen molar-refractivity contribution < 1.29 is 14.0 Å². The van der Waals surface area contributed by atoms with Gasteiger partial charge in [0.25, 0.3) is 8.32 Å². The highest BCUT2D eigenvalue weighted by molar-refractivity contribution is 6.99. The van der Waals surface area contributed by atoms with E-state index in [-0.39, 0.29) is 17.2 Å². The van der Waals surface area contributed by atoms with E-state index in [9.17, 15) is 4.79 Å². The molecule has 0 aliphatic heterocycles. The van der Waals surface area contributed by atoms with Gasteiger partial charge in [-0.3, -0.25) is 0 Å². The molecule has 0 spiro atoms. The van der Waals surface area contributed by atoms with Crippen LogP contribution in [0.1, 0.15) is 53.4 Å². The molecule has 0 saturated heterocycles. The zero-order valence-electron chi connectivity index (χ0n) is 18.6. The van der Waals surface area contributed by atoms with Crippen LogP contribution < -0.4 is 10.4 Å². The maximum Gasteiger partial charge on any atom is 0.261 e. The predicted molar refractivity (Wildman–Crippen MR) is 123 cm³/mol. The Morgan fingerprint density at radius 2 is 1.45 bits per heavy atom. The van der Waals surface area contributed by atoms with Crippen molar-refractivity contribution in [3.05, 3.63) is 60.7 Å². The molecule has 0 amide bonds. The molecule has 0 radical (unpaired) electrons. The van der Waals surface area contributed by atoms with E-state index in [0.29, 0.717) is 6.42 Å². The maximum atomic E-state index is 11.1. The minimum Gasteiger partial charge on any atom is -0.404 e. The fraction of sp³-hybridized carbons (Fsp3) is 0.480. The van der Waals surface area contributed by atoms with Crippen LogP contribution in [0, 0.1) is 0 Å². The lowest BCUT2D eigenvalue weighted by Gasteiger charge is -2.45. The molecule has 2 aromatic carbocycles. The van der Waals surface area contributed by atoms with E-state index < -0.39 is 8.32 Å². The van der Waals surface area contributed by atoms with E-state index in [4.69, 9.17) is 9.16 Å². The smallest absolute Gasteiger partial charge is 0.261 e. The van der Waals surface area contributed by atoms with Crippen LogP contribution in [-0.2, 0) is 14.0 Å². The largest absolute Gasteiger partial charge is 0.404 e. The summed E-state index contributed by atoms with van der Waals surface area (Å²) < 4.78 is 12.8. The van der Waals surface area contributed by atoms with Crippen molar-refractivity contribution >= 4 is 25.0 Å². The van der Waals surface area contributed by atoms with E-state index in [1.807, 2.05) is 0 Å². The Kier molecular flexibility index (Phi) is 8.81. The highest BCUT2D eigenvalue weighted by atomic mass is 28.4. The first-order valence-corrected chi connectivity index (χ1v) is 12.5. The van der Waals surface area contributed by atoms with Crippen LogP contribution >= 0.6 is 0 Å². The van der Waals surface area contributed by atoms with Crippen LogP contribution in [0.5, 0.6) is 0 Å². The number of benzene rings is 2. The Morgan fingerprint density at radius 1 is 0.931 bits per heavy atom. The molecule has 0 N–H and O–H groups in total. The van der Waals surface area contributed by atoms with Crippen LogP contribution in [0.25, 0.3) is 0 Å². The number of carbonyl (C=O) groups is 1. The Morgan fingerprint density at radius 3 is 1.83 bits per heavy atom. The van der Waals surface area contributed by atoms with Gasteiger partial charge in [-0.05, 0) is 28.3 Å². The van der Waals surface area contributed by atoms with Crippen molar-refractivity contribution in [1.29, 1.82) is 0 Å². The molecule has 0 heterocycles. The second-order valence-electron chi connectivity index (χ2n) is 8.69. The van der Waals surface area contributed by atoms with E-state index in [2.05, 4.69) is 88.4 Å². The molecule has 3 nitrogen and oxygen atoms in total. The molecule has 0 aliphatic carbocycles. The second-order valence-corrected chi connectivity index (χ2v) is 12.9. The minimum absolute atomic E-state index is 0.0382. The minimum atomic E-state index is -2.60. The molecular weight excluding hydrogens is 376 g/mol. The third-order valence-corrected chi connectivity index (χ3v) is 10.7. The molecular formula is C25H36O3Si. The van der Waals surface area contributed by atoms with Crippen molar-refractivity contribution in [1.82, 2.24) is 0 Å². The highest BCUT2D eigenvalue weighted by Gasteiger charge is 2.51. The van der Waals surface area contributed by atoms with Gasteiger partial charge in [0.2, 0.25) is 0 Å². The van der Waals surface area contributed by atoms with Gasteiger partial charge in [0.05, 0.1) is 6.10 Å². The van der Waals surface area contributed by atoms with Gasteiger partial charge < -0.3 is 14.0 Å². The highest BCUT2D eigenvalue weighted by Crippen LogP contribution is 2.38. The van der Waals surface area contributed by atoms with Crippen molar-refractivity contribution in [3.63, 3.8) is 0 Å². The number of aldehydes is 1. The van der Waals surface area contributed by atoms with Crippen molar-refractivity contribution in [2.75, 3.05) is 7.11 Å². The van der Waals surface area contributed by atoms with Gasteiger partial charge in [0.15, 0.2) is 0 Å². The Bertz CT molecular complexity index is 685. The summed E-state index contributed by atoms with van der Waals surface area (Å²) in [6, 6.07) is 21.4. The van der Waals surface area contributed by atoms with Gasteiger partial charge >= 0.3 is 0 Å². The van der Waals surface area contributed by atoms with Crippen molar-refractivity contribution in [3.8, 4) is 0 Å². The van der Waals surface area contributed by atoms with Gasteiger partial charge in [0.1, 0.15) is 6.29 Å². The summed E-state index contributed by atoms with van der Waals surface area (Å²) in [6.45, 7) is 9.06.